The number of methoxy groups -OCH3 is 1. The van der Waals surface area contributed by atoms with Crippen LogP contribution in [0.4, 0.5) is 11.4 Å². The van der Waals surface area contributed by atoms with Crippen molar-refractivity contribution in [1.82, 2.24) is 0 Å². The molecule has 8 nitrogen and oxygen atoms in total. The molecule has 1 saturated heterocycles. The van der Waals surface area contributed by atoms with Crippen LogP contribution in [-0.4, -0.2) is 58.5 Å². The Morgan fingerprint density at radius 2 is 1.80 bits per heavy atom. The number of nitrogens with one attached hydrogen (secondary N) is 1. The van der Waals surface area contributed by atoms with Crippen LogP contribution in [0.15, 0.2) is 42.5 Å². The molecule has 2 aromatic rings. The van der Waals surface area contributed by atoms with Crippen LogP contribution in [0.25, 0.3) is 0 Å². The molecule has 1 fully saturated rings. The SMILES string of the molecule is CCOc1cc(C(=O)OCC(=O)Nc2ccc(N3CCOCC3)cc2)ccc1OC. The Kier molecular flexibility index (Phi) is 7.51. The Hall–Kier alpha value is -3.26. The first-order chi connectivity index (χ1) is 14.6. The third-order valence-electron chi connectivity index (χ3n) is 4.56. The average Bonchev–Trinajstić information content (AvgIpc) is 2.79. The highest BCUT2D eigenvalue weighted by atomic mass is 16.5. The summed E-state index contributed by atoms with van der Waals surface area (Å²) >= 11 is 0. The van der Waals surface area contributed by atoms with Gasteiger partial charge in [0.1, 0.15) is 0 Å². The minimum Gasteiger partial charge on any atom is -0.493 e. The molecule has 1 heterocycles. The van der Waals surface area contributed by atoms with Crippen molar-refractivity contribution in [2.24, 2.45) is 0 Å². The average molecular weight is 414 g/mol. The maximum atomic E-state index is 12.3. The standard InChI is InChI=1S/C22H26N2O6/c1-3-29-20-14-16(4-9-19(20)27-2)22(26)30-15-21(25)23-17-5-7-18(8-6-17)24-10-12-28-13-11-24/h4-9,14H,3,10-13,15H2,1-2H3,(H,23,25). The van der Waals surface area contributed by atoms with E-state index in [0.717, 1.165) is 18.8 Å². The highest BCUT2D eigenvalue weighted by Gasteiger charge is 2.15. The van der Waals surface area contributed by atoms with Gasteiger partial charge in [-0.25, -0.2) is 4.79 Å². The number of hydrogen-bond donors (Lipinski definition) is 1. The maximum absolute atomic E-state index is 12.3. The van der Waals surface area contributed by atoms with E-state index in [-0.39, 0.29) is 12.2 Å². The summed E-state index contributed by atoms with van der Waals surface area (Å²) in [6.45, 7) is 4.99. The van der Waals surface area contributed by atoms with Gasteiger partial charge in [-0.15, -0.1) is 0 Å². The number of amides is 1. The quantitative estimate of drug-likeness (QED) is 0.665. The first-order valence-electron chi connectivity index (χ1n) is 9.81. The van der Waals surface area contributed by atoms with Gasteiger partial charge in [0.15, 0.2) is 18.1 Å². The van der Waals surface area contributed by atoms with Crippen LogP contribution in [0.2, 0.25) is 0 Å². The third kappa shape index (κ3) is 5.64. The van der Waals surface area contributed by atoms with Crippen LogP contribution in [0.5, 0.6) is 11.5 Å². The van der Waals surface area contributed by atoms with Gasteiger partial charge in [-0.1, -0.05) is 0 Å². The fraction of sp³-hybridized carbons (Fsp3) is 0.364. The van der Waals surface area contributed by atoms with Crippen molar-refractivity contribution in [3.63, 3.8) is 0 Å². The van der Waals surface area contributed by atoms with Gasteiger partial charge < -0.3 is 29.2 Å². The van der Waals surface area contributed by atoms with Crippen molar-refractivity contribution < 1.29 is 28.5 Å². The zero-order valence-electron chi connectivity index (χ0n) is 17.2. The molecule has 1 aliphatic heterocycles. The van der Waals surface area contributed by atoms with E-state index in [1.54, 1.807) is 12.1 Å². The number of carbonyl (C=O) groups is 2. The Morgan fingerprint density at radius 3 is 2.47 bits per heavy atom. The van der Waals surface area contributed by atoms with E-state index in [2.05, 4.69) is 10.2 Å². The van der Waals surface area contributed by atoms with Gasteiger partial charge >= 0.3 is 5.97 Å². The molecule has 0 bridgehead atoms. The summed E-state index contributed by atoms with van der Waals surface area (Å²) in [7, 11) is 1.52. The van der Waals surface area contributed by atoms with Gasteiger partial charge in [0, 0.05) is 24.5 Å². The van der Waals surface area contributed by atoms with Crippen LogP contribution >= 0.6 is 0 Å². The Labute approximate surface area is 175 Å². The highest BCUT2D eigenvalue weighted by molar-refractivity contribution is 5.95. The van der Waals surface area contributed by atoms with Gasteiger partial charge in [0.25, 0.3) is 5.91 Å². The van der Waals surface area contributed by atoms with Gasteiger partial charge in [0.2, 0.25) is 0 Å². The number of rotatable bonds is 8. The first-order valence-corrected chi connectivity index (χ1v) is 9.81. The lowest BCUT2D eigenvalue weighted by Crippen LogP contribution is -2.36. The van der Waals surface area contributed by atoms with Crippen molar-refractivity contribution in [2.45, 2.75) is 6.92 Å². The van der Waals surface area contributed by atoms with E-state index in [4.69, 9.17) is 18.9 Å². The van der Waals surface area contributed by atoms with E-state index in [9.17, 15) is 9.59 Å². The van der Waals surface area contributed by atoms with E-state index < -0.39 is 11.9 Å². The zero-order valence-corrected chi connectivity index (χ0v) is 17.2. The lowest BCUT2D eigenvalue weighted by atomic mass is 10.2. The fourth-order valence-electron chi connectivity index (χ4n) is 3.06. The van der Waals surface area contributed by atoms with Crippen molar-refractivity contribution in [3.8, 4) is 11.5 Å². The second-order valence-electron chi connectivity index (χ2n) is 6.57. The number of esters is 1. The van der Waals surface area contributed by atoms with Gasteiger partial charge in [0.05, 0.1) is 32.5 Å². The van der Waals surface area contributed by atoms with Crippen molar-refractivity contribution in [2.75, 3.05) is 56.8 Å². The summed E-state index contributed by atoms with van der Waals surface area (Å²) in [6, 6.07) is 12.3. The predicted molar refractivity (Wildman–Crippen MR) is 113 cm³/mol. The number of nitrogens with zero attached hydrogens (tertiary/aromatic N) is 1. The van der Waals surface area contributed by atoms with E-state index in [1.165, 1.54) is 13.2 Å². The molecule has 0 atom stereocenters. The van der Waals surface area contributed by atoms with Crippen molar-refractivity contribution in [1.29, 1.82) is 0 Å². The van der Waals surface area contributed by atoms with Gasteiger partial charge in [-0.2, -0.15) is 0 Å². The molecule has 1 N–H and O–H groups in total. The van der Waals surface area contributed by atoms with Crippen LogP contribution in [-0.2, 0) is 14.3 Å². The molecule has 0 radical (unpaired) electrons. The molecule has 30 heavy (non-hydrogen) atoms. The monoisotopic (exact) mass is 414 g/mol. The molecule has 0 aromatic heterocycles. The molecule has 3 rings (SSSR count). The Morgan fingerprint density at radius 1 is 1.07 bits per heavy atom. The molecular formula is C22H26N2O6. The molecule has 1 aliphatic rings. The molecule has 1 amide bonds. The molecule has 8 heteroatoms. The summed E-state index contributed by atoms with van der Waals surface area (Å²) in [5.74, 6) is -0.0663. The van der Waals surface area contributed by atoms with E-state index in [0.29, 0.717) is 37.0 Å². The molecule has 0 aliphatic carbocycles. The zero-order chi connectivity index (χ0) is 21.3. The summed E-state index contributed by atoms with van der Waals surface area (Å²) in [6.07, 6.45) is 0. The maximum Gasteiger partial charge on any atom is 0.338 e. The van der Waals surface area contributed by atoms with Crippen LogP contribution < -0.4 is 19.7 Å². The number of ether oxygens (including phenoxy) is 4. The largest absolute Gasteiger partial charge is 0.493 e. The topological polar surface area (TPSA) is 86.3 Å². The molecular weight excluding hydrogens is 388 g/mol. The normalized spacial score (nSPS) is 13.5. The van der Waals surface area contributed by atoms with Crippen molar-refractivity contribution >= 4 is 23.3 Å². The van der Waals surface area contributed by atoms with Crippen LogP contribution in [0.3, 0.4) is 0 Å². The molecule has 0 unspecified atom stereocenters. The van der Waals surface area contributed by atoms with Crippen molar-refractivity contribution in [3.05, 3.63) is 48.0 Å². The molecule has 160 valence electrons. The summed E-state index contributed by atoms with van der Waals surface area (Å²) in [5, 5.41) is 2.72. The summed E-state index contributed by atoms with van der Waals surface area (Å²) < 4.78 is 21.1. The first kappa shape index (κ1) is 21.4. The predicted octanol–water partition coefficient (Wildman–Crippen LogP) is 2.73. The molecule has 0 saturated carbocycles. The number of hydrogen-bond acceptors (Lipinski definition) is 7. The summed E-state index contributed by atoms with van der Waals surface area (Å²) in [4.78, 5) is 26.6. The minimum atomic E-state index is -0.614. The second-order valence-corrected chi connectivity index (χ2v) is 6.57. The molecule has 0 spiro atoms. The molecule has 2 aromatic carbocycles. The lowest BCUT2D eigenvalue weighted by Gasteiger charge is -2.28. The van der Waals surface area contributed by atoms with Crippen LogP contribution in [0.1, 0.15) is 17.3 Å². The lowest BCUT2D eigenvalue weighted by molar-refractivity contribution is -0.119. The fourth-order valence-corrected chi connectivity index (χ4v) is 3.06. The number of anilines is 2. The minimum absolute atomic E-state index is 0.280. The third-order valence-corrected chi connectivity index (χ3v) is 4.56. The summed E-state index contributed by atoms with van der Waals surface area (Å²) in [5.41, 5.74) is 1.99. The smallest absolute Gasteiger partial charge is 0.338 e. The number of morpholine rings is 1. The Balaban J connectivity index is 1.51. The highest BCUT2D eigenvalue weighted by Crippen LogP contribution is 2.28. The van der Waals surface area contributed by atoms with E-state index >= 15 is 0 Å². The number of benzene rings is 2. The Bertz CT molecular complexity index is 862. The number of carbonyl (C=O) groups excluding carboxylic acids is 2. The van der Waals surface area contributed by atoms with E-state index in [1.807, 2.05) is 31.2 Å². The van der Waals surface area contributed by atoms with Gasteiger partial charge in [-0.05, 0) is 49.4 Å². The second kappa shape index (κ2) is 10.5. The van der Waals surface area contributed by atoms with Crippen LogP contribution in [0, 0.1) is 0 Å². The van der Waals surface area contributed by atoms with Gasteiger partial charge in [-0.3, -0.25) is 4.79 Å².